The number of aliphatic hydroxyl groups excluding tert-OH is 1. The standard InChI is InChI=1S/C23H25ClN4O4/c1-14-18(13-25-15(2)26-14)21(29)19-20(16-4-3-5-17(24)12-16)28(23(31)22(19)30)7-6-27-8-10-32-11-9-27/h3-5,12-13,20,29H,6-11H2,1-2H3/b21-19+/t20-/m0/s1. The monoisotopic (exact) mass is 456 g/mol. The van der Waals surface area contributed by atoms with Gasteiger partial charge in [0.2, 0.25) is 0 Å². The van der Waals surface area contributed by atoms with Crippen molar-refractivity contribution in [1.82, 2.24) is 19.8 Å². The van der Waals surface area contributed by atoms with Gasteiger partial charge in [-0.1, -0.05) is 23.7 Å². The van der Waals surface area contributed by atoms with Crippen LogP contribution in [0.1, 0.15) is 28.7 Å². The van der Waals surface area contributed by atoms with Crippen LogP contribution in [0, 0.1) is 13.8 Å². The number of morpholine rings is 1. The zero-order valence-electron chi connectivity index (χ0n) is 18.0. The first kappa shape index (κ1) is 22.4. The van der Waals surface area contributed by atoms with Gasteiger partial charge in [-0.05, 0) is 31.5 Å². The van der Waals surface area contributed by atoms with Crippen molar-refractivity contribution in [2.24, 2.45) is 0 Å². The Morgan fingerprint density at radius 3 is 2.66 bits per heavy atom. The first-order valence-electron chi connectivity index (χ1n) is 10.5. The molecule has 2 saturated heterocycles. The minimum Gasteiger partial charge on any atom is -0.507 e. The number of aliphatic hydroxyl groups is 1. The number of nitrogens with zero attached hydrogens (tertiary/aromatic N) is 4. The maximum atomic E-state index is 13.1. The van der Waals surface area contributed by atoms with Crippen LogP contribution < -0.4 is 0 Å². The number of carbonyl (C=O) groups is 2. The summed E-state index contributed by atoms with van der Waals surface area (Å²) in [6.07, 6.45) is 1.48. The van der Waals surface area contributed by atoms with Gasteiger partial charge in [0.1, 0.15) is 11.6 Å². The average molecular weight is 457 g/mol. The molecule has 1 N–H and O–H groups in total. The van der Waals surface area contributed by atoms with Gasteiger partial charge >= 0.3 is 0 Å². The number of carbonyl (C=O) groups excluding carboxylic acids is 2. The minimum atomic E-state index is -0.754. The highest BCUT2D eigenvalue weighted by molar-refractivity contribution is 6.46. The van der Waals surface area contributed by atoms with Gasteiger partial charge in [0.05, 0.1) is 36.1 Å². The van der Waals surface area contributed by atoms with Crippen LogP contribution in [0.3, 0.4) is 0 Å². The molecule has 8 nitrogen and oxygen atoms in total. The zero-order valence-corrected chi connectivity index (χ0v) is 18.8. The predicted molar refractivity (Wildman–Crippen MR) is 119 cm³/mol. The molecule has 4 rings (SSSR count). The van der Waals surface area contributed by atoms with Crippen LogP contribution in [0.25, 0.3) is 5.76 Å². The third-order valence-electron chi connectivity index (χ3n) is 5.82. The first-order chi connectivity index (χ1) is 15.4. The van der Waals surface area contributed by atoms with E-state index in [0.717, 1.165) is 13.1 Å². The van der Waals surface area contributed by atoms with Crippen molar-refractivity contribution in [2.45, 2.75) is 19.9 Å². The number of aromatic nitrogens is 2. The van der Waals surface area contributed by atoms with Gasteiger partial charge in [0.25, 0.3) is 11.7 Å². The van der Waals surface area contributed by atoms with Crippen LogP contribution in [-0.2, 0) is 14.3 Å². The van der Waals surface area contributed by atoms with Crippen molar-refractivity contribution in [2.75, 3.05) is 39.4 Å². The lowest BCUT2D eigenvalue weighted by Gasteiger charge is -2.31. The summed E-state index contributed by atoms with van der Waals surface area (Å²) in [5.41, 5.74) is 1.54. The Balaban J connectivity index is 1.77. The summed E-state index contributed by atoms with van der Waals surface area (Å²) < 4.78 is 5.39. The third kappa shape index (κ3) is 4.39. The van der Waals surface area contributed by atoms with Crippen molar-refractivity contribution in [3.63, 3.8) is 0 Å². The van der Waals surface area contributed by atoms with E-state index in [-0.39, 0.29) is 11.3 Å². The molecule has 0 aliphatic carbocycles. The SMILES string of the molecule is Cc1ncc(/C(O)=C2\C(=O)C(=O)N(CCN3CCOCC3)[C@H]2c2cccc(Cl)c2)c(C)n1. The minimum absolute atomic E-state index is 0.0230. The van der Waals surface area contributed by atoms with Crippen molar-refractivity contribution in [1.29, 1.82) is 0 Å². The predicted octanol–water partition coefficient (Wildman–Crippen LogP) is 2.50. The number of rotatable bonds is 5. The topological polar surface area (TPSA) is 95.9 Å². The number of amides is 1. The van der Waals surface area contributed by atoms with Crippen LogP contribution in [0.2, 0.25) is 5.02 Å². The van der Waals surface area contributed by atoms with Gasteiger partial charge < -0.3 is 14.7 Å². The number of likely N-dealkylation sites (tertiary alicyclic amines) is 1. The number of benzene rings is 1. The van der Waals surface area contributed by atoms with E-state index in [1.165, 1.54) is 11.1 Å². The van der Waals surface area contributed by atoms with Gasteiger partial charge in [0.15, 0.2) is 0 Å². The molecule has 2 aromatic rings. The first-order valence-corrected chi connectivity index (χ1v) is 10.9. The Bertz CT molecular complexity index is 1080. The highest BCUT2D eigenvalue weighted by Gasteiger charge is 2.46. The second-order valence-corrected chi connectivity index (χ2v) is 8.35. The van der Waals surface area contributed by atoms with E-state index in [9.17, 15) is 14.7 Å². The molecule has 2 aliphatic rings. The number of hydrogen-bond acceptors (Lipinski definition) is 7. The molecule has 9 heteroatoms. The fourth-order valence-electron chi connectivity index (χ4n) is 4.17. The van der Waals surface area contributed by atoms with Crippen LogP contribution >= 0.6 is 11.6 Å². The molecule has 1 amide bonds. The van der Waals surface area contributed by atoms with Crippen molar-refractivity contribution < 1.29 is 19.4 Å². The van der Waals surface area contributed by atoms with Gasteiger partial charge in [-0.3, -0.25) is 14.5 Å². The maximum absolute atomic E-state index is 13.1. The molecular formula is C23H25ClN4O4. The molecule has 1 atom stereocenters. The van der Waals surface area contributed by atoms with E-state index in [1.54, 1.807) is 38.1 Å². The molecule has 0 spiro atoms. The molecule has 3 heterocycles. The average Bonchev–Trinajstić information content (AvgIpc) is 3.03. The molecular weight excluding hydrogens is 432 g/mol. The molecule has 168 valence electrons. The van der Waals surface area contributed by atoms with Gasteiger partial charge in [-0.2, -0.15) is 0 Å². The molecule has 0 unspecified atom stereocenters. The van der Waals surface area contributed by atoms with Crippen LogP contribution in [-0.4, -0.2) is 76.0 Å². The normalized spacial score (nSPS) is 21.3. The fraction of sp³-hybridized carbons (Fsp3) is 0.391. The summed E-state index contributed by atoms with van der Waals surface area (Å²) in [5, 5.41) is 11.6. The molecule has 2 aliphatic heterocycles. The summed E-state index contributed by atoms with van der Waals surface area (Å²) >= 11 is 6.22. The molecule has 0 saturated carbocycles. The number of halogens is 1. The third-order valence-corrected chi connectivity index (χ3v) is 6.06. The molecule has 32 heavy (non-hydrogen) atoms. The van der Waals surface area contributed by atoms with Crippen LogP contribution in [0.15, 0.2) is 36.0 Å². The lowest BCUT2D eigenvalue weighted by atomic mass is 9.95. The summed E-state index contributed by atoms with van der Waals surface area (Å²) in [6.45, 7) is 7.23. The second kappa shape index (κ2) is 9.36. The summed E-state index contributed by atoms with van der Waals surface area (Å²) in [5.74, 6) is -1.10. The highest BCUT2D eigenvalue weighted by Crippen LogP contribution is 2.40. The van der Waals surface area contributed by atoms with Crippen molar-refractivity contribution >= 4 is 29.1 Å². The Kier molecular flexibility index (Phi) is 6.55. The summed E-state index contributed by atoms with van der Waals surface area (Å²) in [6, 6.07) is 6.25. The van der Waals surface area contributed by atoms with Gasteiger partial charge in [-0.25, -0.2) is 9.97 Å². The highest BCUT2D eigenvalue weighted by atomic mass is 35.5. The quantitative estimate of drug-likeness (QED) is 0.419. The number of Topliss-reactive ketones (excluding diaryl/α,β-unsaturated/α-hetero) is 1. The summed E-state index contributed by atoms with van der Waals surface area (Å²) in [7, 11) is 0. The largest absolute Gasteiger partial charge is 0.507 e. The molecule has 2 fully saturated rings. The summed E-state index contributed by atoms with van der Waals surface area (Å²) in [4.78, 5) is 38.3. The van der Waals surface area contributed by atoms with E-state index in [2.05, 4.69) is 14.9 Å². The van der Waals surface area contributed by atoms with Crippen molar-refractivity contribution in [3.05, 3.63) is 63.7 Å². The zero-order chi connectivity index (χ0) is 22.8. The Morgan fingerprint density at radius 1 is 1.22 bits per heavy atom. The lowest BCUT2D eigenvalue weighted by Crippen LogP contribution is -2.42. The van der Waals surface area contributed by atoms with E-state index in [0.29, 0.717) is 54.0 Å². The molecule has 0 bridgehead atoms. The Labute approximate surface area is 191 Å². The smallest absolute Gasteiger partial charge is 0.295 e. The Hall–Kier alpha value is -2.81. The number of aryl methyl sites for hydroxylation is 2. The van der Waals surface area contributed by atoms with E-state index in [4.69, 9.17) is 16.3 Å². The van der Waals surface area contributed by atoms with E-state index >= 15 is 0 Å². The van der Waals surface area contributed by atoms with Crippen LogP contribution in [0.5, 0.6) is 0 Å². The van der Waals surface area contributed by atoms with Gasteiger partial charge in [0, 0.05) is 37.4 Å². The van der Waals surface area contributed by atoms with Crippen molar-refractivity contribution in [3.8, 4) is 0 Å². The van der Waals surface area contributed by atoms with Gasteiger partial charge in [-0.15, -0.1) is 0 Å². The van der Waals surface area contributed by atoms with Crippen LogP contribution in [0.4, 0.5) is 0 Å². The molecule has 1 aromatic heterocycles. The number of ketones is 1. The lowest BCUT2D eigenvalue weighted by molar-refractivity contribution is -0.140. The van der Waals surface area contributed by atoms with E-state index < -0.39 is 17.7 Å². The number of hydrogen-bond donors (Lipinski definition) is 1. The fourth-order valence-corrected chi connectivity index (χ4v) is 4.37. The molecule has 0 radical (unpaired) electrons. The number of ether oxygens (including phenoxy) is 1. The molecule has 1 aromatic carbocycles. The van der Waals surface area contributed by atoms with E-state index in [1.807, 2.05) is 0 Å². The maximum Gasteiger partial charge on any atom is 0.295 e. The second-order valence-electron chi connectivity index (χ2n) is 7.92. The Morgan fingerprint density at radius 2 is 1.97 bits per heavy atom.